The largest absolute Gasteiger partial charge is 0.398 e. The van der Waals surface area contributed by atoms with E-state index in [9.17, 15) is 9.18 Å². The lowest BCUT2D eigenvalue weighted by Crippen LogP contribution is -2.24. The van der Waals surface area contributed by atoms with Gasteiger partial charge in [-0.05, 0) is 42.0 Å². The zero-order chi connectivity index (χ0) is 14.7. The highest BCUT2D eigenvalue weighted by atomic mass is 79.9. The van der Waals surface area contributed by atoms with Crippen molar-refractivity contribution in [1.82, 2.24) is 5.32 Å². The molecule has 104 valence electrons. The lowest BCUT2D eigenvalue weighted by Gasteiger charge is -2.09. The van der Waals surface area contributed by atoms with Crippen molar-refractivity contribution in [3.05, 3.63) is 62.8 Å². The number of hydrogen-bond acceptors (Lipinski definition) is 2. The van der Waals surface area contributed by atoms with Gasteiger partial charge in [0, 0.05) is 21.7 Å². The summed E-state index contributed by atoms with van der Waals surface area (Å²) in [5, 5.41) is 3.10. The van der Waals surface area contributed by atoms with Gasteiger partial charge in [0.05, 0.1) is 5.56 Å². The number of anilines is 1. The van der Waals surface area contributed by atoms with E-state index in [-0.39, 0.29) is 18.3 Å². The molecular formula is C14H11BrClFN2O. The van der Waals surface area contributed by atoms with Crippen LogP contribution in [0.3, 0.4) is 0 Å². The molecule has 0 fully saturated rings. The summed E-state index contributed by atoms with van der Waals surface area (Å²) in [5.41, 5.74) is 7.00. The van der Waals surface area contributed by atoms with E-state index in [1.807, 2.05) is 0 Å². The van der Waals surface area contributed by atoms with Gasteiger partial charge >= 0.3 is 0 Å². The monoisotopic (exact) mass is 356 g/mol. The lowest BCUT2D eigenvalue weighted by atomic mass is 10.1. The number of carbonyl (C=O) groups is 1. The molecule has 0 bridgehead atoms. The maximum atomic E-state index is 13.1. The highest BCUT2D eigenvalue weighted by Crippen LogP contribution is 2.20. The Morgan fingerprint density at radius 2 is 2.05 bits per heavy atom. The summed E-state index contributed by atoms with van der Waals surface area (Å²) in [7, 11) is 0. The fourth-order valence-electron chi connectivity index (χ4n) is 1.67. The molecule has 0 aliphatic carbocycles. The predicted molar refractivity (Wildman–Crippen MR) is 81.1 cm³/mol. The summed E-state index contributed by atoms with van der Waals surface area (Å²) in [5.74, 6) is -0.721. The minimum absolute atomic E-state index is 0.184. The van der Waals surface area contributed by atoms with Crippen LogP contribution in [0.4, 0.5) is 10.1 Å². The summed E-state index contributed by atoms with van der Waals surface area (Å²) in [6.07, 6.45) is 0. The molecule has 0 radical (unpaired) electrons. The van der Waals surface area contributed by atoms with Crippen molar-refractivity contribution in [3.8, 4) is 0 Å². The quantitative estimate of drug-likeness (QED) is 0.822. The average Bonchev–Trinajstić information content (AvgIpc) is 2.42. The SMILES string of the molecule is Nc1ccc(Cl)cc1C(=O)NCc1cc(F)ccc1Br. The van der Waals surface area contributed by atoms with Crippen molar-refractivity contribution in [2.24, 2.45) is 0 Å². The number of carbonyl (C=O) groups excluding carboxylic acids is 1. The van der Waals surface area contributed by atoms with E-state index in [0.717, 1.165) is 4.47 Å². The predicted octanol–water partition coefficient (Wildman–Crippen LogP) is 3.75. The summed E-state index contributed by atoms with van der Waals surface area (Å²) in [6.45, 7) is 0.184. The van der Waals surface area contributed by atoms with Crippen LogP contribution in [-0.4, -0.2) is 5.91 Å². The summed E-state index contributed by atoms with van der Waals surface area (Å²) >= 11 is 9.13. The first-order chi connectivity index (χ1) is 9.47. The van der Waals surface area contributed by atoms with Crippen molar-refractivity contribution < 1.29 is 9.18 Å². The van der Waals surface area contributed by atoms with Gasteiger partial charge in [0.25, 0.3) is 5.91 Å². The topological polar surface area (TPSA) is 55.1 Å². The van der Waals surface area contributed by atoms with E-state index in [1.54, 1.807) is 18.2 Å². The Morgan fingerprint density at radius 1 is 1.30 bits per heavy atom. The fourth-order valence-corrected chi connectivity index (χ4v) is 2.23. The van der Waals surface area contributed by atoms with E-state index in [0.29, 0.717) is 21.8 Å². The average molecular weight is 358 g/mol. The van der Waals surface area contributed by atoms with Crippen LogP contribution in [-0.2, 0) is 6.54 Å². The highest BCUT2D eigenvalue weighted by Gasteiger charge is 2.11. The number of nitrogens with one attached hydrogen (secondary N) is 1. The first kappa shape index (κ1) is 14.8. The molecule has 20 heavy (non-hydrogen) atoms. The van der Waals surface area contributed by atoms with Gasteiger partial charge in [0.15, 0.2) is 0 Å². The molecule has 6 heteroatoms. The van der Waals surface area contributed by atoms with Crippen molar-refractivity contribution in [1.29, 1.82) is 0 Å². The van der Waals surface area contributed by atoms with Crippen LogP contribution in [0.25, 0.3) is 0 Å². The molecule has 0 atom stereocenters. The molecule has 0 unspecified atom stereocenters. The Balaban J connectivity index is 2.12. The Morgan fingerprint density at radius 3 is 2.80 bits per heavy atom. The molecule has 0 spiro atoms. The molecule has 2 aromatic rings. The van der Waals surface area contributed by atoms with E-state index >= 15 is 0 Å². The molecule has 2 aromatic carbocycles. The Bertz CT molecular complexity index is 664. The molecule has 0 heterocycles. The summed E-state index contributed by atoms with van der Waals surface area (Å²) in [6, 6.07) is 8.94. The van der Waals surface area contributed by atoms with Gasteiger partial charge < -0.3 is 11.1 Å². The third kappa shape index (κ3) is 3.49. The van der Waals surface area contributed by atoms with Gasteiger partial charge in [0.1, 0.15) is 5.82 Å². The molecule has 1 amide bonds. The van der Waals surface area contributed by atoms with Crippen molar-refractivity contribution in [2.75, 3.05) is 5.73 Å². The number of halogens is 3. The van der Waals surface area contributed by atoms with Crippen LogP contribution in [0.5, 0.6) is 0 Å². The zero-order valence-corrected chi connectivity index (χ0v) is 12.6. The van der Waals surface area contributed by atoms with Crippen LogP contribution in [0, 0.1) is 5.82 Å². The lowest BCUT2D eigenvalue weighted by molar-refractivity contribution is 0.0951. The molecule has 3 N–H and O–H groups in total. The number of nitrogen functional groups attached to an aromatic ring is 1. The third-order valence-corrected chi connectivity index (χ3v) is 3.72. The van der Waals surface area contributed by atoms with E-state index in [2.05, 4.69) is 21.2 Å². The number of hydrogen-bond donors (Lipinski definition) is 2. The van der Waals surface area contributed by atoms with Gasteiger partial charge in [-0.15, -0.1) is 0 Å². The van der Waals surface area contributed by atoms with Gasteiger partial charge in [-0.25, -0.2) is 4.39 Å². The van der Waals surface area contributed by atoms with E-state index < -0.39 is 0 Å². The fraction of sp³-hybridized carbons (Fsp3) is 0.0714. The Kier molecular flexibility index (Phi) is 4.62. The van der Waals surface area contributed by atoms with Crippen LogP contribution in [0.1, 0.15) is 15.9 Å². The van der Waals surface area contributed by atoms with E-state index in [4.69, 9.17) is 17.3 Å². The van der Waals surface area contributed by atoms with Gasteiger partial charge in [0.2, 0.25) is 0 Å². The Labute approximate surface area is 129 Å². The smallest absolute Gasteiger partial charge is 0.253 e. The Hall–Kier alpha value is -1.59. The number of benzene rings is 2. The van der Waals surface area contributed by atoms with Crippen LogP contribution in [0.15, 0.2) is 40.9 Å². The maximum absolute atomic E-state index is 13.1. The molecule has 0 aliphatic heterocycles. The molecule has 3 nitrogen and oxygen atoms in total. The van der Waals surface area contributed by atoms with Crippen LogP contribution >= 0.6 is 27.5 Å². The molecule has 0 aromatic heterocycles. The number of rotatable bonds is 3. The van der Waals surface area contributed by atoms with Gasteiger partial charge in [-0.1, -0.05) is 27.5 Å². The van der Waals surface area contributed by atoms with Crippen molar-refractivity contribution in [3.63, 3.8) is 0 Å². The number of nitrogens with two attached hydrogens (primary N) is 1. The van der Waals surface area contributed by atoms with Crippen molar-refractivity contribution in [2.45, 2.75) is 6.54 Å². The van der Waals surface area contributed by atoms with Gasteiger partial charge in [-0.3, -0.25) is 4.79 Å². The standard InChI is InChI=1S/C14H11BrClFN2O/c15-12-3-2-10(17)5-8(12)7-19-14(20)11-6-9(16)1-4-13(11)18/h1-6H,7,18H2,(H,19,20). The second-order valence-electron chi connectivity index (χ2n) is 4.15. The summed E-state index contributed by atoms with van der Waals surface area (Å²) in [4.78, 5) is 12.0. The minimum atomic E-state index is -0.361. The second kappa shape index (κ2) is 6.24. The van der Waals surface area contributed by atoms with E-state index in [1.165, 1.54) is 18.2 Å². The summed E-state index contributed by atoms with van der Waals surface area (Å²) < 4.78 is 13.9. The van der Waals surface area contributed by atoms with Crippen molar-refractivity contribution >= 4 is 39.1 Å². The van der Waals surface area contributed by atoms with Gasteiger partial charge in [-0.2, -0.15) is 0 Å². The molecular weight excluding hydrogens is 347 g/mol. The molecule has 0 aliphatic rings. The third-order valence-electron chi connectivity index (χ3n) is 2.71. The number of amides is 1. The first-order valence-corrected chi connectivity index (χ1v) is 6.91. The van der Waals surface area contributed by atoms with Crippen LogP contribution in [0.2, 0.25) is 5.02 Å². The normalized spacial score (nSPS) is 10.3. The van der Waals surface area contributed by atoms with Crippen LogP contribution < -0.4 is 11.1 Å². The molecule has 0 saturated heterocycles. The minimum Gasteiger partial charge on any atom is -0.398 e. The first-order valence-electron chi connectivity index (χ1n) is 5.74. The second-order valence-corrected chi connectivity index (χ2v) is 5.44. The molecule has 2 rings (SSSR count). The zero-order valence-electron chi connectivity index (χ0n) is 10.3. The molecule has 0 saturated carbocycles. The maximum Gasteiger partial charge on any atom is 0.253 e. The highest BCUT2D eigenvalue weighted by molar-refractivity contribution is 9.10.